The van der Waals surface area contributed by atoms with E-state index in [9.17, 15) is 0 Å². The van der Waals surface area contributed by atoms with Gasteiger partial charge in [-0.3, -0.25) is 0 Å². The fraction of sp³-hybridized carbons (Fsp3) is 0.867. The van der Waals surface area contributed by atoms with Crippen LogP contribution in [0, 0.1) is 11.8 Å². The minimum Gasteiger partial charge on any atom is -0.369 e. The van der Waals surface area contributed by atoms with Crippen molar-refractivity contribution < 1.29 is 4.74 Å². The fourth-order valence-electron chi connectivity index (χ4n) is 3.08. The average molecular weight is 222 g/mol. The lowest BCUT2D eigenvalue weighted by atomic mass is 9.75. The van der Waals surface area contributed by atoms with Crippen molar-refractivity contribution in [2.45, 2.75) is 64.9 Å². The summed E-state index contributed by atoms with van der Waals surface area (Å²) in [6, 6.07) is 0. The Morgan fingerprint density at radius 3 is 2.81 bits per heavy atom. The number of ether oxygens (including phenoxy) is 1. The number of hydrogen-bond acceptors (Lipinski definition) is 1. The molecule has 1 saturated carbocycles. The van der Waals surface area contributed by atoms with Gasteiger partial charge in [0.25, 0.3) is 0 Å². The van der Waals surface area contributed by atoms with Crippen molar-refractivity contribution in [2.75, 3.05) is 6.61 Å². The Kier molecular flexibility index (Phi) is 3.73. The van der Waals surface area contributed by atoms with Crippen molar-refractivity contribution in [3.63, 3.8) is 0 Å². The predicted octanol–water partition coefficient (Wildman–Crippen LogP) is 4.33. The molecule has 2 aliphatic rings. The van der Waals surface area contributed by atoms with Gasteiger partial charge in [0.1, 0.15) is 0 Å². The van der Waals surface area contributed by atoms with Gasteiger partial charge in [0.15, 0.2) is 0 Å². The van der Waals surface area contributed by atoms with Gasteiger partial charge in [0.05, 0.1) is 12.2 Å². The summed E-state index contributed by atoms with van der Waals surface area (Å²) in [5, 5.41) is 0. The minimum absolute atomic E-state index is 0.288. The van der Waals surface area contributed by atoms with Crippen LogP contribution in [0.3, 0.4) is 0 Å². The lowest BCUT2D eigenvalue weighted by molar-refractivity contribution is 0.181. The van der Waals surface area contributed by atoms with Gasteiger partial charge in [0.2, 0.25) is 0 Å². The van der Waals surface area contributed by atoms with Crippen molar-refractivity contribution in [1.29, 1.82) is 0 Å². The minimum atomic E-state index is 0.288. The summed E-state index contributed by atoms with van der Waals surface area (Å²) in [6.45, 7) is 7.94. The Morgan fingerprint density at radius 1 is 1.44 bits per heavy atom. The second kappa shape index (κ2) is 4.91. The maximum absolute atomic E-state index is 5.76. The van der Waals surface area contributed by atoms with Gasteiger partial charge >= 0.3 is 0 Å². The number of rotatable bonds is 4. The smallest absolute Gasteiger partial charge is 0.0981 e. The van der Waals surface area contributed by atoms with Crippen LogP contribution in [0.2, 0.25) is 0 Å². The first-order valence-corrected chi connectivity index (χ1v) is 6.95. The molecular weight excluding hydrogens is 196 g/mol. The monoisotopic (exact) mass is 222 g/mol. The molecule has 0 amide bonds. The third-order valence-corrected chi connectivity index (χ3v) is 4.25. The van der Waals surface area contributed by atoms with E-state index in [4.69, 9.17) is 4.74 Å². The van der Waals surface area contributed by atoms with E-state index >= 15 is 0 Å². The molecule has 1 heteroatoms. The first-order chi connectivity index (χ1) is 7.64. The molecule has 0 radical (unpaired) electrons. The molecule has 16 heavy (non-hydrogen) atoms. The maximum atomic E-state index is 5.76. The van der Waals surface area contributed by atoms with Crippen LogP contribution in [-0.2, 0) is 4.74 Å². The molecule has 1 aliphatic carbocycles. The predicted molar refractivity (Wildman–Crippen MR) is 68.5 cm³/mol. The molecule has 0 aromatic carbocycles. The highest BCUT2D eigenvalue weighted by Gasteiger charge is 2.52. The molecule has 2 atom stereocenters. The Bertz CT molecular complexity index is 261. The van der Waals surface area contributed by atoms with E-state index in [-0.39, 0.29) is 5.60 Å². The molecule has 1 aliphatic heterocycles. The fourth-order valence-corrected chi connectivity index (χ4v) is 3.08. The van der Waals surface area contributed by atoms with Gasteiger partial charge in [-0.15, -0.1) is 0 Å². The molecule has 0 bridgehead atoms. The van der Waals surface area contributed by atoms with E-state index in [0.717, 1.165) is 18.4 Å². The van der Waals surface area contributed by atoms with Crippen LogP contribution in [0.25, 0.3) is 0 Å². The molecule has 0 aromatic heterocycles. The van der Waals surface area contributed by atoms with Crippen molar-refractivity contribution >= 4 is 0 Å². The zero-order chi connectivity index (χ0) is 11.6. The molecule has 2 unspecified atom stereocenters. The van der Waals surface area contributed by atoms with E-state index in [1.165, 1.54) is 38.5 Å². The Morgan fingerprint density at radius 2 is 2.19 bits per heavy atom. The van der Waals surface area contributed by atoms with Gasteiger partial charge in [-0.25, -0.2) is 0 Å². The second-order valence-corrected chi connectivity index (χ2v) is 6.07. The van der Waals surface area contributed by atoms with E-state index in [0.29, 0.717) is 0 Å². The van der Waals surface area contributed by atoms with Crippen LogP contribution in [-0.4, -0.2) is 12.2 Å². The van der Waals surface area contributed by atoms with E-state index in [1.807, 2.05) is 0 Å². The first-order valence-electron chi connectivity index (χ1n) is 6.95. The number of epoxide rings is 1. The van der Waals surface area contributed by atoms with Gasteiger partial charge in [0, 0.05) is 5.92 Å². The first kappa shape index (κ1) is 12.2. The summed E-state index contributed by atoms with van der Waals surface area (Å²) in [6.07, 6.45) is 10.4. The van der Waals surface area contributed by atoms with Gasteiger partial charge in [-0.1, -0.05) is 38.3 Å². The van der Waals surface area contributed by atoms with Gasteiger partial charge in [-0.2, -0.15) is 0 Å². The second-order valence-electron chi connectivity index (χ2n) is 6.07. The van der Waals surface area contributed by atoms with Crippen LogP contribution in [0.1, 0.15) is 59.3 Å². The van der Waals surface area contributed by atoms with Gasteiger partial charge < -0.3 is 4.74 Å². The van der Waals surface area contributed by atoms with E-state index in [2.05, 4.69) is 26.8 Å². The summed E-state index contributed by atoms with van der Waals surface area (Å²) in [5.41, 5.74) is 1.88. The van der Waals surface area contributed by atoms with Crippen LogP contribution in [0.15, 0.2) is 11.6 Å². The maximum Gasteiger partial charge on any atom is 0.0981 e. The van der Waals surface area contributed by atoms with Crippen LogP contribution < -0.4 is 0 Å². The molecule has 2 fully saturated rings. The zero-order valence-corrected chi connectivity index (χ0v) is 11.1. The molecule has 0 N–H and O–H groups in total. The Hall–Kier alpha value is -0.300. The summed E-state index contributed by atoms with van der Waals surface area (Å²) < 4.78 is 5.76. The van der Waals surface area contributed by atoms with Crippen molar-refractivity contribution in [3.8, 4) is 0 Å². The van der Waals surface area contributed by atoms with Gasteiger partial charge in [-0.05, 0) is 38.5 Å². The molecule has 1 saturated heterocycles. The van der Waals surface area contributed by atoms with Crippen LogP contribution in [0.5, 0.6) is 0 Å². The highest BCUT2D eigenvalue weighted by atomic mass is 16.6. The number of allylic oxidation sites excluding steroid dienone is 1. The summed E-state index contributed by atoms with van der Waals surface area (Å²) in [4.78, 5) is 0. The van der Waals surface area contributed by atoms with Crippen molar-refractivity contribution in [3.05, 3.63) is 11.6 Å². The summed E-state index contributed by atoms with van der Waals surface area (Å²) in [7, 11) is 0. The lowest BCUT2D eigenvalue weighted by Gasteiger charge is -2.29. The highest BCUT2D eigenvalue weighted by molar-refractivity contribution is 5.16. The molecule has 1 nitrogen and oxygen atoms in total. The number of hydrogen-bond donors (Lipinski definition) is 0. The third kappa shape index (κ3) is 2.68. The summed E-state index contributed by atoms with van der Waals surface area (Å²) in [5.74, 6) is 1.55. The van der Waals surface area contributed by atoms with Crippen LogP contribution in [0.4, 0.5) is 0 Å². The third-order valence-electron chi connectivity index (χ3n) is 4.25. The normalized spacial score (nSPS) is 34.8. The Balaban J connectivity index is 1.90. The van der Waals surface area contributed by atoms with Crippen molar-refractivity contribution in [2.24, 2.45) is 11.8 Å². The SMILES string of the molecule is C/C(=C\CCC(C)C)C1CCCCC12CO2. The highest BCUT2D eigenvalue weighted by Crippen LogP contribution is 2.49. The molecule has 2 rings (SSSR count). The zero-order valence-electron chi connectivity index (χ0n) is 11.1. The lowest BCUT2D eigenvalue weighted by Crippen LogP contribution is -2.29. The largest absolute Gasteiger partial charge is 0.369 e. The topological polar surface area (TPSA) is 12.5 Å². The molecular formula is C15H26O. The standard InChI is InChI=1S/C15H26O/c1-12(2)7-6-8-13(3)14-9-4-5-10-15(14)11-16-15/h8,12,14H,4-7,9-11H2,1-3H3/b13-8+. The van der Waals surface area contributed by atoms with Crippen LogP contribution >= 0.6 is 0 Å². The molecule has 1 heterocycles. The van der Waals surface area contributed by atoms with Crippen molar-refractivity contribution in [1.82, 2.24) is 0 Å². The summed E-state index contributed by atoms with van der Waals surface area (Å²) >= 11 is 0. The van der Waals surface area contributed by atoms with E-state index < -0.39 is 0 Å². The quantitative estimate of drug-likeness (QED) is 0.509. The Labute approximate surface area is 100 Å². The molecule has 92 valence electrons. The van der Waals surface area contributed by atoms with E-state index in [1.54, 1.807) is 5.57 Å². The average Bonchev–Trinajstić information content (AvgIpc) is 2.98. The molecule has 1 spiro atoms. The molecule has 0 aromatic rings.